The van der Waals surface area contributed by atoms with E-state index in [0.717, 1.165) is 54.8 Å². The van der Waals surface area contributed by atoms with Crippen molar-refractivity contribution in [2.75, 3.05) is 31.6 Å². The van der Waals surface area contributed by atoms with Crippen LogP contribution in [-0.2, 0) is 4.74 Å². The summed E-state index contributed by atoms with van der Waals surface area (Å²) in [6.45, 7) is 22.4. The lowest BCUT2D eigenvalue weighted by Gasteiger charge is -2.39. The number of likely N-dealkylation sites (tertiary alicyclic amines) is 1. The Bertz CT molecular complexity index is 701. The van der Waals surface area contributed by atoms with Crippen molar-refractivity contribution in [2.45, 2.75) is 67.0 Å². The molecular weight excluding hydrogens is 350 g/mol. The molecule has 3 heterocycles. The summed E-state index contributed by atoms with van der Waals surface area (Å²) in [5, 5.41) is 3.49. The Hall–Kier alpha value is -2.24. The van der Waals surface area contributed by atoms with Gasteiger partial charge < -0.3 is 19.9 Å². The number of aryl methyl sites for hydroxylation is 2. The van der Waals surface area contributed by atoms with E-state index >= 15 is 0 Å². The third kappa shape index (κ3) is 4.97. The first kappa shape index (κ1) is 22.1. The summed E-state index contributed by atoms with van der Waals surface area (Å²) in [4.78, 5) is 13.7. The van der Waals surface area contributed by atoms with Gasteiger partial charge in [-0.3, -0.25) is 0 Å². The van der Waals surface area contributed by atoms with Crippen molar-refractivity contribution < 1.29 is 6.16 Å². The molecule has 2 fully saturated rings. The van der Waals surface area contributed by atoms with E-state index in [1.54, 1.807) is 0 Å². The summed E-state index contributed by atoms with van der Waals surface area (Å²) < 4.78 is 6.05. The van der Waals surface area contributed by atoms with Gasteiger partial charge in [-0.15, -0.1) is 0 Å². The molecule has 0 aliphatic carbocycles. The van der Waals surface area contributed by atoms with E-state index < -0.39 is 0 Å². The lowest BCUT2D eigenvalue weighted by Crippen LogP contribution is -2.41. The summed E-state index contributed by atoms with van der Waals surface area (Å²) >= 11 is 0. The Morgan fingerprint density at radius 3 is 2.57 bits per heavy atom. The minimum atomic E-state index is 0. The molecule has 6 heteroatoms. The number of morpholine rings is 1. The van der Waals surface area contributed by atoms with Crippen LogP contribution < -0.4 is 5.32 Å². The summed E-state index contributed by atoms with van der Waals surface area (Å²) in [7, 11) is 0. The van der Waals surface area contributed by atoms with Crippen LogP contribution in [-0.4, -0.2) is 58.1 Å². The first-order valence-electron chi connectivity index (χ1n) is 10.5. The van der Waals surface area contributed by atoms with Gasteiger partial charge in [-0.25, -0.2) is 9.97 Å². The molecule has 0 radical (unpaired) electrons. The highest BCUT2D eigenvalue weighted by Gasteiger charge is 2.30. The van der Waals surface area contributed by atoms with Gasteiger partial charge in [-0.2, -0.15) is 0 Å². The van der Waals surface area contributed by atoms with Gasteiger partial charge in [-0.05, 0) is 47.1 Å². The number of allylic oxidation sites excluding steroid dienone is 1. The molecule has 2 atom stereocenters. The van der Waals surface area contributed by atoms with Gasteiger partial charge in [0.2, 0.25) is 5.95 Å². The predicted molar refractivity (Wildman–Crippen MR) is 118 cm³/mol. The maximum atomic E-state index is 6.05. The van der Waals surface area contributed by atoms with E-state index in [2.05, 4.69) is 52.4 Å². The fourth-order valence-electron chi connectivity index (χ4n) is 3.89. The summed E-state index contributed by atoms with van der Waals surface area (Å²) in [5.41, 5.74) is 4.16. The number of nitrogens with zero attached hydrogens (tertiary/aromatic N) is 4. The van der Waals surface area contributed by atoms with Crippen LogP contribution in [0.5, 0.6) is 0 Å². The average Bonchev–Trinajstić information content (AvgIpc) is 3.11. The lowest BCUT2D eigenvalue weighted by molar-refractivity contribution is 0.0792. The van der Waals surface area contributed by atoms with Gasteiger partial charge in [0.05, 0.1) is 17.4 Å². The second kappa shape index (κ2) is 9.80. The number of nitrogens with one attached hydrogen (secondary N) is 1. The first-order chi connectivity index (χ1) is 13.4. The Morgan fingerprint density at radius 1 is 1.32 bits per heavy atom. The van der Waals surface area contributed by atoms with E-state index in [4.69, 9.17) is 4.74 Å². The average molecular weight is 390 g/mol. The zero-order valence-corrected chi connectivity index (χ0v) is 18.7. The van der Waals surface area contributed by atoms with Crippen molar-refractivity contribution in [2.24, 2.45) is 0 Å². The number of hydrogen-bond acceptors (Lipinski definition) is 6. The van der Waals surface area contributed by atoms with Crippen LogP contribution in [0.25, 0.3) is 0 Å². The SMILES string of the molecule is C=C1/C(=C(\C)N2CC[C@@H](Nc3nc(C)cc(C)n3)C2)OC[C@H](C)N1CC.CC.[HH]. The van der Waals surface area contributed by atoms with Crippen LogP contribution in [0.15, 0.2) is 29.8 Å². The molecule has 158 valence electrons. The highest BCUT2D eigenvalue weighted by molar-refractivity contribution is 5.32. The quantitative estimate of drug-likeness (QED) is 0.827. The van der Waals surface area contributed by atoms with Crippen LogP contribution in [0.4, 0.5) is 5.95 Å². The lowest BCUT2D eigenvalue weighted by atomic mass is 10.1. The number of ether oxygens (including phenoxy) is 1. The number of likely N-dealkylation sites (N-methyl/N-ethyl adjacent to an activating group) is 1. The van der Waals surface area contributed by atoms with Gasteiger partial charge in [0.1, 0.15) is 6.61 Å². The van der Waals surface area contributed by atoms with Crippen molar-refractivity contribution in [1.29, 1.82) is 0 Å². The summed E-state index contributed by atoms with van der Waals surface area (Å²) in [6.07, 6.45) is 1.06. The third-order valence-electron chi connectivity index (χ3n) is 5.26. The fourth-order valence-corrected chi connectivity index (χ4v) is 3.89. The normalized spacial score (nSPS) is 23.8. The molecule has 2 saturated heterocycles. The molecule has 2 aliphatic rings. The van der Waals surface area contributed by atoms with Gasteiger partial charge in [0, 0.05) is 38.5 Å². The summed E-state index contributed by atoms with van der Waals surface area (Å²) in [5.74, 6) is 1.66. The van der Waals surface area contributed by atoms with Gasteiger partial charge in [0.15, 0.2) is 5.76 Å². The van der Waals surface area contributed by atoms with E-state index in [1.165, 1.54) is 5.70 Å². The topological polar surface area (TPSA) is 53.5 Å². The monoisotopic (exact) mass is 389 g/mol. The molecular formula is C22H39N5O. The largest absolute Gasteiger partial charge is 0.487 e. The molecule has 0 saturated carbocycles. The molecule has 1 aromatic heterocycles. The molecule has 1 aromatic rings. The minimum Gasteiger partial charge on any atom is -0.487 e. The molecule has 6 nitrogen and oxygen atoms in total. The first-order valence-corrected chi connectivity index (χ1v) is 10.5. The smallest absolute Gasteiger partial charge is 0.223 e. The zero-order chi connectivity index (χ0) is 20.8. The van der Waals surface area contributed by atoms with Crippen LogP contribution >= 0.6 is 0 Å². The number of rotatable bonds is 4. The van der Waals surface area contributed by atoms with E-state index in [1.807, 2.05) is 33.8 Å². The van der Waals surface area contributed by atoms with Crippen molar-refractivity contribution in [1.82, 2.24) is 19.8 Å². The maximum Gasteiger partial charge on any atom is 0.223 e. The van der Waals surface area contributed by atoms with Gasteiger partial charge in [-0.1, -0.05) is 20.4 Å². The zero-order valence-electron chi connectivity index (χ0n) is 18.7. The Morgan fingerprint density at radius 2 is 1.96 bits per heavy atom. The van der Waals surface area contributed by atoms with Crippen molar-refractivity contribution in [3.63, 3.8) is 0 Å². The maximum absolute atomic E-state index is 6.05. The highest BCUT2D eigenvalue weighted by atomic mass is 16.5. The van der Waals surface area contributed by atoms with Crippen LogP contribution in [0.3, 0.4) is 0 Å². The van der Waals surface area contributed by atoms with Crippen molar-refractivity contribution in [3.05, 3.63) is 41.2 Å². The molecule has 0 spiro atoms. The predicted octanol–water partition coefficient (Wildman–Crippen LogP) is 4.34. The van der Waals surface area contributed by atoms with Crippen LogP contribution in [0.2, 0.25) is 0 Å². The molecule has 3 rings (SSSR count). The molecule has 28 heavy (non-hydrogen) atoms. The fraction of sp³-hybridized carbons (Fsp3) is 0.636. The Labute approximate surface area is 172 Å². The second-order valence-electron chi connectivity index (χ2n) is 7.36. The third-order valence-corrected chi connectivity index (χ3v) is 5.26. The van der Waals surface area contributed by atoms with Crippen molar-refractivity contribution in [3.8, 4) is 0 Å². The van der Waals surface area contributed by atoms with Crippen LogP contribution in [0.1, 0.15) is 53.9 Å². The second-order valence-corrected chi connectivity index (χ2v) is 7.36. The molecule has 0 bridgehead atoms. The Balaban J connectivity index is 0.00000136. The van der Waals surface area contributed by atoms with E-state index in [-0.39, 0.29) is 1.43 Å². The highest BCUT2D eigenvalue weighted by Crippen LogP contribution is 2.29. The number of anilines is 1. The minimum absolute atomic E-state index is 0. The summed E-state index contributed by atoms with van der Waals surface area (Å²) in [6, 6.07) is 2.70. The van der Waals surface area contributed by atoms with Gasteiger partial charge in [0.25, 0.3) is 0 Å². The molecule has 1 N–H and O–H groups in total. The van der Waals surface area contributed by atoms with E-state index in [9.17, 15) is 0 Å². The Kier molecular flexibility index (Phi) is 7.72. The molecule has 0 aromatic carbocycles. The van der Waals surface area contributed by atoms with Crippen LogP contribution in [0, 0.1) is 13.8 Å². The van der Waals surface area contributed by atoms with Crippen molar-refractivity contribution >= 4 is 5.95 Å². The number of hydrogen-bond donors (Lipinski definition) is 1. The van der Waals surface area contributed by atoms with Gasteiger partial charge >= 0.3 is 0 Å². The molecule has 0 amide bonds. The standard InChI is InChI=1S/C20H31N5O.C2H6.H2/c1-7-25-15(4)12-26-19(17(25)6)16(5)24-9-8-18(11-24)23-20-21-13(2)10-14(3)22-20;1-2;/h10,15,18H,6-9,11-12H2,1-5H3,(H,21,22,23);1-2H3;1H/b19-16-;;/t15-,18+;;/m0../s1. The molecule has 0 unspecified atom stereocenters. The molecule has 2 aliphatic heterocycles. The number of aromatic nitrogens is 2. The van der Waals surface area contributed by atoms with E-state index in [0.29, 0.717) is 18.7 Å².